The van der Waals surface area contributed by atoms with E-state index >= 15 is 0 Å². The second-order valence-electron chi connectivity index (χ2n) is 9.44. The number of aliphatic imine (C=N–C) groups is 1. The number of rotatable bonds is 8. The average Bonchev–Trinajstić information content (AvgIpc) is 3.41. The first kappa shape index (κ1) is 28.6. The van der Waals surface area contributed by atoms with Crippen molar-refractivity contribution in [1.29, 1.82) is 0 Å². The Labute approximate surface area is 222 Å². The maximum atomic E-state index is 14.5. The van der Waals surface area contributed by atoms with Gasteiger partial charge in [-0.15, -0.1) is 5.73 Å². The number of halogens is 1. The van der Waals surface area contributed by atoms with Gasteiger partial charge < -0.3 is 10.1 Å². The second kappa shape index (κ2) is 15.3. The van der Waals surface area contributed by atoms with E-state index in [2.05, 4.69) is 65.7 Å². The smallest absolute Gasteiger partial charge is 0.128 e. The van der Waals surface area contributed by atoms with Gasteiger partial charge in [0.15, 0.2) is 0 Å². The summed E-state index contributed by atoms with van der Waals surface area (Å²) in [5, 5.41) is 5.56. The molecule has 1 saturated heterocycles. The second-order valence-corrected chi connectivity index (χ2v) is 9.44. The molecule has 2 aliphatic heterocycles. The lowest BCUT2D eigenvalue weighted by Gasteiger charge is -2.25. The molecule has 1 aromatic carbocycles. The van der Waals surface area contributed by atoms with Crippen LogP contribution < -0.4 is 15.8 Å². The van der Waals surface area contributed by atoms with Crippen molar-refractivity contribution < 1.29 is 9.13 Å². The van der Waals surface area contributed by atoms with Crippen molar-refractivity contribution in [1.82, 2.24) is 10.2 Å². The minimum absolute atomic E-state index is 0.167. The summed E-state index contributed by atoms with van der Waals surface area (Å²) in [6.45, 7) is 16.5. The van der Waals surface area contributed by atoms with Crippen molar-refractivity contribution in [2.75, 3.05) is 45.9 Å². The molecule has 198 valence electrons. The Balaban J connectivity index is 0.000000356. The number of benzene rings is 1. The molecular formula is C32H42FN3O. The number of morpholine rings is 1. The maximum absolute atomic E-state index is 14.5. The quantitative estimate of drug-likeness (QED) is 0.523. The fourth-order valence-electron chi connectivity index (χ4n) is 4.84. The number of amidine groups is 1. The number of hydrogen-bond acceptors (Lipinski definition) is 4. The van der Waals surface area contributed by atoms with Gasteiger partial charge in [-0.05, 0) is 80.1 Å². The van der Waals surface area contributed by atoms with Crippen molar-refractivity contribution in [3.05, 3.63) is 87.6 Å². The molecule has 0 amide bonds. The summed E-state index contributed by atoms with van der Waals surface area (Å²) in [6, 6.07) is 4.24. The molecule has 0 saturated carbocycles. The summed E-state index contributed by atoms with van der Waals surface area (Å²) in [7, 11) is 0. The Kier molecular flexibility index (Phi) is 11.8. The third kappa shape index (κ3) is 8.53. The van der Waals surface area contributed by atoms with E-state index in [9.17, 15) is 4.39 Å². The highest BCUT2D eigenvalue weighted by Gasteiger charge is 2.18. The van der Waals surface area contributed by atoms with E-state index in [1.54, 1.807) is 6.08 Å². The SMILES string of the molecule is C=C/C=C(C1=NCCN1)\C(CCc1c(C)ccc2c1=CC/C=C\C=C=2)=C(/C)F.CCCN1CCOCC1. The van der Waals surface area contributed by atoms with E-state index in [0.29, 0.717) is 12.0 Å². The Morgan fingerprint density at radius 2 is 2.11 bits per heavy atom. The molecule has 4 rings (SSSR count). The molecule has 3 aliphatic rings. The Morgan fingerprint density at radius 1 is 1.30 bits per heavy atom. The van der Waals surface area contributed by atoms with Crippen LogP contribution in [0.5, 0.6) is 0 Å². The topological polar surface area (TPSA) is 36.9 Å². The van der Waals surface area contributed by atoms with Gasteiger partial charge >= 0.3 is 0 Å². The van der Waals surface area contributed by atoms with Crippen LogP contribution in [0.25, 0.3) is 11.8 Å². The molecule has 0 aromatic heterocycles. The minimum atomic E-state index is -0.167. The normalized spacial score (nSPS) is 18.9. The van der Waals surface area contributed by atoms with Crippen LogP contribution in [0.4, 0.5) is 4.39 Å². The first-order valence-corrected chi connectivity index (χ1v) is 13.5. The van der Waals surface area contributed by atoms with Gasteiger partial charge in [-0.1, -0.05) is 49.9 Å². The molecule has 1 N–H and O–H groups in total. The fraction of sp³-hybridized carbons (Fsp3) is 0.438. The molecular weight excluding hydrogens is 461 g/mol. The van der Waals surface area contributed by atoms with Gasteiger partial charge in [-0.3, -0.25) is 9.89 Å². The van der Waals surface area contributed by atoms with E-state index in [0.717, 1.165) is 68.9 Å². The number of aryl methyl sites for hydroxylation is 1. The van der Waals surface area contributed by atoms with Crippen molar-refractivity contribution in [2.45, 2.75) is 46.5 Å². The highest BCUT2D eigenvalue weighted by atomic mass is 19.1. The van der Waals surface area contributed by atoms with Crippen LogP contribution in [0.2, 0.25) is 0 Å². The van der Waals surface area contributed by atoms with Crippen LogP contribution in [-0.4, -0.2) is 56.7 Å². The molecule has 0 spiro atoms. The lowest BCUT2D eigenvalue weighted by Crippen LogP contribution is -2.36. The Hall–Kier alpha value is -2.98. The van der Waals surface area contributed by atoms with Crippen molar-refractivity contribution in [3.63, 3.8) is 0 Å². The molecule has 0 radical (unpaired) electrons. The summed E-state index contributed by atoms with van der Waals surface area (Å²) in [5.41, 5.74) is 7.33. The monoisotopic (exact) mass is 503 g/mol. The van der Waals surface area contributed by atoms with Gasteiger partial charge in [0.05, 0.1) is 19.8 Å². The van der Waals surface area contributed by atoms with Gasteiger partial charge in [-0.25, -0.2) is 4.39 Å². The van der Waals surface area contributed by atoms with Gasteiger partial charge in [0.25, 0.3) is 0 Å². The molecule has 1 aromatic rings. The number of nitrogens with zero attached hydrogens (tertiary/aromatic N) is 2. The number of fused-ring (bicyclic) bond motifs is 1. The lowest BCUT2D eigenvalue weighted by molar-refractivity contribution is 0.0380. The van der Waals surface area contributed by atoms with Crippen LogP contribution in [0.15, 0.2) is 71.1 Å². The first-order valence-electron chi connectivity index (χ1n) is 13.5. The van der Waals surface area contributed by atoms with Gasteiger partial charge in [-0.2, -0.15) is 0 Å². The van der Waals surface area contributed by atoms with Crippen molar-refractivity contribution in [2.24, 2.45) is 4.99 Å². The third-order valence-corrected chi connectivity index (χ3v) is 6.74. The molecule has 4 nitrogen and oxygen atoms in total. The largest absolute Gasteiger partial charge is 0.379 e. The molecule has 0 bridgehead atoms. The van der Waals surface area contributed by atoms with Crippen LogP contribution in [0.1, 0.15) is 44.2 Å². The zero-order valence-electron chi connectivity index (χ0n) is 22.8. The van der Waals surface area contributed by atoms with Crippen LogP contribution in [-0.2, 0) is 11.2 Å². The zero-order chi connectivity index (χ0) is 26.5. The van der Waals surface area contributed by atoms with Gasteiger partial charge in [0.1, 0.15) is 11.7 Å². The van der Waals surface area contributed by atoms with Crippen molar-refractivity contribution >= 4 is 17.6 Å². The maximum Gasteiger partial charge on any atom is 0.128 e. The van der Waals surface area contributed by atoms with Gasteiger partial charge in [0, 0.05) is 30.4 Å². The van der Waals surface area contributed by atoms with Crippen molar-refractivity contribution in [3.8, 4) is 0 Å². The number of hydrogen-bond donors (Lipinski definition) is 1. The summed E-state index contributed by atoms with van der Waals surface area (Å²) in [5.74, 6) is 0.597. The molecule has 5 heteroatoms. The molecule has 0 unspecified atom stereocenters. The first-order chi connectivity index (χ1) is 18.0. The number of nitrogens with one attached hydrogen (secondary N) is 1. The lowest BCUT2D eigenvalue weighted by atomic mass is 9.92. The molecule has 37 heavy (non-hydrogen) atoms. The van der Waals surface area contributed by atoms with E-state index in [1.165, 1.54) is 36.2 Å². The standard InChI is InChI=1S/C25H27FN2.C7H15NO/c1-4-9-24(25-27-16-17-28-25)22(19(3)26)15-14-21-18(2)12-13-20-10-7-5-6-8-11-23(20)21;1-2-3-8-4-6-9-7-5-8/h4-7,9,11-13H,1,8,14-17H2,2-3H3,(H,27,28);2-7H2,1H3/b6-5-,22-19+,23-11?,24-9+;. The third-order valence-electron chi connectivity index (χ3n) is 6.74. The predicted molar refractivity (Wildman–Crippen MR) is 155 cm³/mol. The highest BCUT2D eigenvalue weighted by molar-refractivity contribution is 6.03. The van der Waals surface area contributed by atoms with E-state index in [1.807, 2.05) is 18.2 Å². The van der Waals surface area contributed by atoms with Crippen LogP contribution >= 0.6 is 0 Å². The summed E-state index contributed by atoms with van der Waals surface area (Å²) >= 11 is 0. The van der Waals surface area contributed by atoms with E-state index in [-0.39, 0.29) is 5.83 Å². The molecule has 1 aliphatic carbocycles. The molecule has 2 heterocycles. The van der Waals surface area contributed by atoms with E-state index in [4.69, 9.17) is 4.74 Å². The molecule has 0 atom stereocenters. The number of allylic oxidation sites excluding steroid dienone is 6. The fourth-order valence-corrected chi connectivity index (χ4v) is 4.84. The summed E-state index contributed by atoms with van der Waals surface area (Å²) < 4.78 is 19.7. The summed E-state index contributed by atoms with van der Waals surface area (Å²) in [4.78, 5) is 6.93. The van der Waals surface area contributed by atoms with Gasteiger partial charge in [0.2, 0.25) is 0 Å². The van der Waals surface area contributed by atoms with Crippen LogP contribution in [0.3, 0.4) is 0 Å². The summed E-state index contributed by atoms with van der Waals surface area (Å²) in [6.07, 6.45) is 15.4. The Bertz CT molecular complexity index is 1200. The zero-order valence-corrected chi connectivity index (χ0v) is 22.8. The van der Waals surface area contributed by atoms with Crippen LogP contribution in [0, 0.1) is 6.92 Å². The molecule has 1 fully saturated rings. The van der Waals surface area contributed by atoms with E-state index < -0.39 is 0 Å². The average molecular weight is 504 g/mol. The highest BCUT2D eigenvalue weighted by Crippen LogP contribution is 2.24. The number of ether oxygens (including phenoxy) is 1. The minimum Gasteiger partial charge on any atom is -0.379 e. The predicted octanol–water partition coefficient (Wildman–Crippen LogP) is 4.69. The Morgan fingerprint density at radius 3 is 2.78 bits per heavy atom.